The molecule has 0 bridgehead atoms. The van der Waals surface area contributed by atoms with E-state index in [2.05, 4.69) is 18.3 Å². The van der Waals surface area contributed by atoms with Crippen LogP contribution < -0.4 is 5.32 Å². The zero-order valence-electron chi connectivity index (χ0n) is 14.2. The van der Waals surface area contributed by atoms with Gasteiger partial charge >= 0.3 is 0 Å². The van der Waals surface area contributed by atoms with E-state index in [-0.39, 0.29) is 5.91 Å². The topological polar surface area (TPSA) is 42.2 Å². The van der Waals surface area contributed by atoms with Gasteiger partial charge in [-0.3, -0.25) is 4.79 Å². The van der Waals surface area contributed by atoms with E-state index in [9.17, 15) is 4.79 Å². The number of nitrogens with one attached hydrogen (secondary N) is 1. The van der Waals surface area contributed by atoms with Gasteiger partial charge in [0, 0.05) is 27.5 Å². The third-order valence-corrected chi connectivity index (χ3v) is 4.94. The zero-order valence-corrected chi connectivity index (χ0v) is 15.7. The van der Waals surface area contributed by atoms with Crippen LogP contribution in [0.5, 0.6) is 0 Å². The van der Waals surface area contributed by atoms with Crippen molar-refractivity contribution in [3.8, 4) is 0 Å². The number of benzene rings is 2. The molecular formula is C20H19Cl2NO2. The maximum Gasteiger partial charge on any atom is 0.224 e. The molecular weight excluding hydrogens is 357 g/mol. The summed E-state index contributed by atoms with van der Waals surface area (Å²) >= 11 is 12.0. The lowest BCUT2D eigenvalue weighted by Gasteiger charge is -2.07. The Morgan fingerprint density at radius 3 is 2.60 bits per heavy atom. The summed E-state index contributed by atoms with van der Waals surface area (Å²) in [4.78, 5) is 12.2. The summed E-state index contributed by atoms with van der Waals surface area (Å²) in [6.07, 6.45) is 2.62. The molecule has 0 aliphatic carbocycles. The standard InChI is InChI=1S/C20H19Cl2NO2/c1-12-7-17-15(11-25-19(17)8-13(12)2)9-20(24)23-6-5-14-3-4-16(21)10-18(14)22/h3-4,7-8,10-11H,5-6,9H2,1-2H3,(H,23,24). The Kier molecular flexibility index (Phi) is 5.36. The Balaban J connectivity index is 1.60. The van der Waals surface area contributed by atoms with E-state index < -0.39 is 0 Å². The summed E-state index contributed by atoms with van der Waals surface area (Å²) in [7, 11) is 0. The lowest BCUT2D eigenvalue weighted by molar-refractivity contribution is -0.120. The van der Waals surface area contributed by atoms with Crippen LogP contribution in [0.1, 0.15) is 22.3 Å². The molecule has 0 atom stereocenters. The molecule has 0 aliphatic rings. The maximum atomic E-state index is 12.2. The van der Waals surface area contributed by atoms with Crippen LogP contribution in [-0.2, 0) is 17.6 Å². The van der Waals surface area contributed by atoms with Gasteiger partial charge in [-0.05, 0) is 61.2 Å². The Bertz CT molecular complexity index is 931. The fourth-order valence-electron chi connectivity index (χ4n) is 2.77. The highest BCUT2D eigenvalue weighted by Crippen LogP contribution is 2.25. The summed E-state index contributed by atoms with van der Waals surface area (Å²) in [5.74, 6) is -0.0361. The molecule has 0 unspecified atom stereocenters. The molecule has 0 spiro atoms. The third kappa shape index (κ3) is 4.17. The van der Waals surface area contributed by atoms with Gasteiger partial charge in [-0.1, -0.05) is 29.3 Å². The number of fused-ring (bicyclic) bond motifs is 1. The van der Waals surface area contributed by atoms with Crippen molar-refractivity contribution in [3.05, 3.63) is 68.9 Å². The normalized spacial score (nSPS) is 11.0. The van der Waals surface area contributed by atoms with Crippen LogP contribution in [-0.4, -0.2) is 12.5 Å². The van der Waals surface area contributed by atoms with Crippen molar-refractivity contribution < 1.29 is 9.21 Å². The van der Waals surface area contributed by atoms with Crippen molar-refractivity contribution in [1.29, 1.82) is 0 Å². The van der Waals surface area contributed by atoms with Crippen LogP contribution in [0.4, 0.5) is 0 Å². The predicted octanol–water partition coefficient (Wildman–Crippen LogP) is 5.26. The van der Waals surface area contributed by atoms with Gasteiger partial charge in [-0.25, -0.2) is 0 Å². The Morgan fingerprint density at radius 1 is 1.08 bits per heavy atom. The van der Waals surface area contributed by atoms with Gasteiger partial charge in [0.05, 0.1) is 12.7 Å². The van der Waals surface area contributed by atoms with E-state index in [0.29, 0.717) is 29.4 Å². The molecule has 0 saturated heterocycles. The number of rotatable bonds is 5. The maximum absolute atomic E-state index is 12.2. The smallest absolute Gasteiger partial charge is 0.224 e. The summed E-state index contributed by atoms with van der Waals surface area (Å²) in [5.41, 5.74) is 5.05. The first-order valence-corrected chi connectivity index (χ1v) is 8.87. The highest BCUT2D eigenvalue weighted by molar-refractivity contribution is 6.35. The predicted molar refractivity (Wildman–Crippen MR) is 103 cm³/mol. The van der Waals surface area contributed by atoms with E-state index in [1.165, 1.54) is 11.1 Å². The first-order valence-electron chi connectivity index (χ1n) is 8.12. The largest absolute Gasteiger partial charge is 0.464 e. The minimum Gasteiger partial charge on any atom is -0.464 e. The van der Waals surface area contributed by atoms with Gasteiger partial charge in [-0.2, -0.15) is 0 Å². The number of carbonyl (C=O) groups excluding carboxylic acids is 1. The molecule has 1 N–H and O–H groups in total. The summed E-state index contributed by atoms with van der Waals surface area (Å²) < 4.78 is 5.58. The average molecular weight is 376 g/mol. The van der Waals surface area contributed by atoms with Crippen molar-refractivity contribution in [2.24, 2.45) is 0 Å². The molecule has 3 nitrogen and oxygen atoms in total. The number of hydrogen-bond acceptors (Lipinski definition) is 2. The fraction of sp³-hybridized carbons (Fsp3) is 0.250. The molecule has 1 heterocycles. The molecule has 3 aromatic rings. The molecule has 0 saturated carbocycles. The Hall–Kier alpha value is -1.97. The number of amides is 1. The second-order valence-electron chi connectivity index (χ2n) is 6.21. The summed E-state index contributed by atoms with van der Waals surface area (Å²) in [5, 5.41) is 5.15. The van der Waals surface area contributed by atoms with Gasteiger partial charge in [-0.15, -0.1) is 0 Å². The van der Waals surface area contributed by atoms with Crippen LogP contribution in [0.3, 0.4) is 0 Å². The van der Waals surface area contributed by atoms with Crippen molar-refractivity contribution >= 4 is 40.1 Å². The highest BCUT2D eigenvalue weighted by Gasteiger charge is 2.12. The van der Waals surface area contributed by atoms with Crippen LogP contribution >= 0.6 is 23.2 Å². The first-order chi connectivity index (χ1) is 11.9. The van der Waals surface area contributed by atoms with Crippen molar-refractivity contribution in [1.82, 2.24) is 5.32 Å². The Labute approximate surface area is 156 Å². The number of hydrogen-bond donors (Lipinski definition) is 1. The van der Waals surface area contributed by atoms with E-state index in [0.717, 1.165) is 22.1 Å². The zero-order chi connectivity index (χ0) is 18.0. The van der Waals surface area contributed by atoms with E-state index in [4.69, 9.17) is 27.6 Å². The third-order valence-electron chi connectivity index (χ3n) is 4.35. The lowest BCUT2D eigenvalue weighted by atomic mass is 10.0. The highest BCUT2D eigenvalue weighted by atomic mass is 35.5. The van der Waals surface area contributed by atoms with Gasteiger partial charge in [0.15, 0.2) is 0 Å². The minimum atomic E-state index is -0.0361. The van der Waals surface area contributed by atoms with Crippen LogP contribution in [0.15, 0.2) is 41.0 Å². The molecule has 5 heteroatoms. The molecule has 3 rings (SSSR count). The lowest BCUT2D eigenvalue weighted by Crippen LogP contribution is -2.27. The van der Waals surface area contributed by atoms with Crippen molar-refractivity contribution in [3.63, 3.8) is 0 Å². The van der Waals surface area contributed by atoms with Gasteiger partial charge < -0.3 is 9.73 Å². The second kappa shape index (κ2) is 7.51. The van der Waals surface area contributed by atoms with Gasteiger partial charge in [0.1, 0.15) is 5.58 Å². The molecule has 0 radical (unpaired) electrons. The van der Waals surface area contributed by atoms with Gasteiger partial charge in [0.25, 0.3) is 0 Å². The fourth-order valence-corrected chi connectivity index (χ4v) is 3.27. The SMILES string of the molecule is Cc1cc2occ(CC(=O)NCCc3ccc(Cl)cc3Cl)c2cc1C. The van der Waals surface area contributed by atoms with Crippen molar-refractivity contribution in [2.45, 2.75) is 26.7 Å². The number of halogens is 2. The molecule has 25 heavy (non-hydrogen) atoms. The first kappa shape index (κ1) is 17.8. The average Bonchev–Trinajstić information content (AvgIpc) is 2.92. The van der Waals surface area contributed by atoms with Crippen LogP contribution in [0.2, 0.25) is 10.0 Å². The molecule has 0 aliphatic heterocycles. The second-order valence-corrected chi connectivity index (χ2v) is 7.05. The number of aryl methyl sites for hydroxylation is 2. The molecule has 130 valence electrons. The minimum absolute atomic E-state index is 0.0361. The van der Waals surface area contributed by atoms with Crippen molar-refractivity contribution in [2.75, 3.05) is 6.54 Å². The number of furan rings is 1. The summed E-state index contributed by atoms with van der Waals surface area (Å²) in [6, 6.07) is 9.47. The van der Waals surface area contributed by atoms with Gasteiger partial charge in [0.2, 0.25) is 5.91 Å². The molecule has 1 amide bonds. The summed E-state index contributed by atoms with van der Waals surface area (Å²) in [6.45, 7) is 4.63. The molecule has 1 aromatic heterocycles. The number of carbonyl (C=O) groups is 1. The van der Waals surface area contributed by atoms with E-state index in [1.54, 1.807) is 18.4 Å². The van der Waals surface area contributed by atoms with Crippen LogP contribution in [0.25, 0.3) is 11.0 Å². The Morgan fingerprint density at radius 2 is 1.84 bits per heavy atom. The monoisotopic (exact) mass is 375 g/mol. The molecule has 0 fully saturated rings. The van der Waals surface area contributed by atoms with Crippen LogP contribution in [0, 0.1) is 13.8 Å². The van der Waals surface area contributed by atoms with E-state index >= 15 is 0 Å². The quantitative estimate of drug-likeness (QED) is 0.660. The molecule has 2 aromatic carbocycles. The van der Waals surface area contributed by atoms with E-state index in [1.807, 2.05) is 19.1 Å².